The highest BCUT2D eigenvalue weighted by Gasteiger charge is 2.30. The molecule has 0 saturated heterocycles. The van der Waals surface area contributed by atoms with Gasteiger partial charge in [0.15, 0.2) is 5.82 Å². The fourth-order valence-electron chi connectivity index (χ4n) is 1.63. The minimum absolute atomic E-state index is 0.0920. The molecule has 0 aliphatic rings. The van der Waals surface area contributed by atoms with Gasteiger partial charge in [-0.3, -0.25) is 4.79 Å². The molecule has 2 rings (SSSR count). The molecule has 0 radical (unpaired) electrons. The van der Waals surface area contributed by atoms with Crippen molar-refractivity contribution in [1.82, 2.24) is 0 Å². The minimum atomic E-state index is -4.50. The Labute approximate surface area is 116 Å². The lowest BCUT2D eigenvalue weighted by atomic mass is 10.1. The first-order valence-corrected chi connectivity index (χ1v) is 5.75. The summed E-state index contributed by atoms with van der Waals surface area (Å²) in [5.74, 6) is -2.16. The van der Waals surface area contributed by atoms with E-state index < -0.39 is 34.9 Å². The third-order valence-corrected chi connectivity index (χ3v) is 2.70. The number of hydrogen-bond acceptors (Lipinski definition) is 2. The fraction of sp³-hybridized carbons (Fsp3) is 0.0714. The van der Waals surface area contributed by atoms with Crippen molar-refractivity contribution < 1.29 is 27.5 Å². The zero-order chi connectivity index (χ0) is 15.6. The summed E-state index contributed by atoms with van der Waals surface area (Å²) in [6.45, 7) is 0. The second-order valence-electron chi connectivity index (χ2n) is 4.16. The van der Waals surface area contributed by atoms with Gasteiger partial charge in [0.1, 0.15) is 11.4 Å². The average Bonchev–Trinajstić information content (AvgIpc) is 2.42. The lowest BCUT2D eigenvalue weighted by molar-refractivity contribution is -0.137. The Bertz CT molecular complexity index is 645. The topological polar surface area (TPSA) is 49.3 Å². The molecule has 0 aliphatic carbocycles. The molecule has 7 heteroatoms. The number of carbonyl (C=O) groups is 1. The molecule has 2 N–H and O–H groups in total. The lowest BCUT2D eigenvalue weighted by Crippen LogP contribution is -2.14. The molecule has 0 bridgehead atoms. The van der Waals surface area contributed by atoms with Gasteiger partial charge in [-0.15, -0.1) is 0 Å². The van der Waals surface area contributed by atoms with Gasteiger partial charge in [0.05, 0.1) is 5.56 Å². The van der Waals surface area contributed by atoms with Gasteiger partial charge >= 0.3 is 6.18 Å². The number of rotatable bonds is 2. The number of anilines is 1. The van der Waals surface area contributed by atoms with Crippen molar-refractivity contribution in [3.05, 3.63) is 59.4 Å². The Hall–Kier alpha value is -2.57. The van der Waals surface area contributed by atoms with Crippen LogP contribution in [-0.4, -0.2) is 11.0 Å². The van der Waals surface area contributed by atoms with Crippen molar-refractivity contribution >= 4 is 11.6 Å². The predicted molar refractivity (Wildman–Crippen MR) is 67.5 cm³/mol. The highest BCUT2D eigenvalue weighted by atomic mass is 19.4. The van der Waals surface area contributed by atoms with E-state index >= 15 is 0 Å². The molecule has 2 aromatic rings. The van der Waals surface area contributed by atoms with Crippen LogP contribution in [0.4, 0.5) is 23.2 Å². The molecule has 0 saturated carbocycles. The van der Waals surface area contributed by atoms with Crippen LogP contribution in [0.3, 0.4) is 0 Å². The standard InChI is InChI=1S/C14H9F4NO2/c15-10-2-1-3-11(20)12(10)19-13(21)8-4-6-9(7-5-8)14(16,17)18/h1-7,20H,(H,19,21). The van der Waals surface area contributed by atoms with Gasteiger partial charge in [0.25, 0.3) is 5.91 Å². The third kappa shape index (κ3) is 3.31. The van der Waals surface area contributed by atoms with Gasteiger partial charge in [0.2, 0.25) is 0 Å². The van der Waals surface area contributed by atoms with Gasteiger partial charge < -0.3 is 10.4 Å². The van der Waals surface area contributed by atoms with Crippen molar-refractivity contribution in [2.75, 3.05) is 5.32 Å². The van der Waals surface area contributed by atoms with Gasteiger partial charge in [-0.25, -0.2) is 4.39 Å². The van der Waals surface area contributed by atoms with E-state index in [1.54, 1.807) is 0 Å². The van der Waals surface area contributed by atoms with E-state index in [-0.39, 0.29) is 5.56 Å². The van der Waals surface area contributed by atoms with Gasteiger partial charge in [-0.05, 0) is 36.4 Å². The summed E-state index contributed by atoms with van der Waals surface area (Å²) in [7, 11) is 0. The Kier molecular flexibility index (Phi) is 3.84. The van der Waals surface area contributed by atoms with E-state index in [2.05, 4.69) is 5.32 Å². The molecule has 21 heavy (non-hydrogen) atoms. The SMILES string of the molecule is O=C(Nc1c(O)cccc1F)c1ccc(C(F)(F)F)cc1. The first-order valence-electron chi connectivity index (χ1n) is 5.75. The fourth-order valence-corrected chi connectivity index (χ4v) is 1.63. The van der Waals surface area contributed by atoms with E-state index in [4.69, 9.17) is 0 Å². The molecular formula is C14H9F4NO2. The molecule has 110 valence electrons. The summed E-state index contributed by atoms with van der Waals surface area (Å²) in [6, 6.07) is 6.88. The molecule has 0 heterocycles. The van der Waals surface area contributed by atoms with E-state index in [0.29, 0.717) is 0 Å². The maximum absolute atomic E-state index is 13.4. The first kappa shape index (κ1) is 14.8. The summed E-state index contributed by atoms with van der Waals surface area (Å²) in [5, 5.41) is 11.5. The average molecular weight is 299 g/mol. The van der Waals surface area contributed by atoms with Gasteiger partial charge in [-0.1, -0.05) is 6.07 Å². The maximum atomic E-state index is 13.4. The minimum Gasteiger partial charge on any atom is -0.506 e. The van der Waals surface area contributed by atoms with E-state index in [1.165, 1.54) is 12.1 Å². The maximum Gasteiger partial charge on any atom is 0.416 e. The quantitative estimate of drug-likeness (QED) is 0.654. The highest BCUT2D eigenvalue weighted by Crippen LogP contribution is 2.30. The van der Waals surface area contributed by atoms with Crippen molar-refractivity contribution in [2.24, 2.45) is 0 Å². The van der Waals surface area contributed by atoms with Gasteiger partial charge in [-0.2, -0.15) is 13.2 Å². The molecule has 0 unspecified atom stereocenters. The predicted octanol–water partition coefficient (Wildman–Crippen LogP) is 3.80. The van der Waals surface area contributed by atoms with Crippen LogP contribution in [0.2, 0.25) is 0 Å². The van der Waals surface area contributed by atoms with Crippen LogP contribution in [0.25, 0.3) is 0 Å². The lowest BCUT2D eigenvalue weighted by Gasteiger charge is -2.10. The molecule has 3 nitrogen and oxygen atoms in total. The van der Waals surface area contributed by atoms with E-state index in [9.17, 15) is 27.5 Å². The van der Waals surface area contributed by atoms with Crippen LogP contribution in [0.5, 0.6) is 5.75 Å². The molecule has 0 fully saturated rings. The molecular weight excluding hydrogens is 290 g/mol. The van der Waals surface area contributed by atoms with Crippen LogP contribution in [0, 0.1) is 5.82 Å². The number of amides is 1. The normalized spacial score (nSPS) is 11.2. The highest BCUT2D eigenvalue weighted by molar-refractivity contribution is 6.05. The van der Waals surface area contributed by atoms with Crippen LogP contribution < -0.4 is 5.32 Å². The zero-order valence-electron chi connectivity index (χ0n) is 10.4. The Morgan fingerprint density at radius 2 is 1.67 bits per heavy atom. The third-order valence-electron chi connectivity index (χ3n) is 2.70. The summed E-state index contributed by atoms with van der Waals surface area (Å²) in [5.41, 5.74) is -1.42. The smallest absolute Gasteiger partial charge is 0.416 e. The number of phenolic OH excluding ortho intramolecular Hbond substituents is 1. The summed E-state index contributed by atoms with van der Waals surface area (Å²) >= 11 is 0. The summed E-state index contributed by atoms with van der Waals surface area (Å²) < 4.78 is 50.6. The van der Waals surface area contributed by atoms with Crippen molar-refractivity contribution in [2.45, 2.75) is 6.18 Å². The summed E-state index contributed by atoms with van der Waals surface area (Å²) in [4.78, 5) is 11.8. The number of para-hydroxylation sites is 1. The number of phenols is 1. The van der Waals surface area contributed by atoms with Crippen molar-refractivity contribution in [3.63, 3.8) is 0 Å². The zero-order valence-corrected chi connectivity index (χ0v) is 10.4. The van der Waals surface area contributed by atoms with Crippen molar-refractivity contribution in [1.29, 1.82) is 0 Å². The number of halogens is 4. The monoisotopic (exact) mass is 299 g/mol. The second-order valence-corrected chi connectivity index (χ2v) is 4.16. The number of benzene rings is 2. The second kappa shape index (κ2) is 5.43. The van der Waals surface area contributed by atoms with Crippen LogP contribution in [0.15, 0.2) is 42.5 Å². The number of aromatic hydroxyl groups is 1. The summed E-state index contributed by atoms with van der Waals surface area (Å²) in [6.07, 6.45) is -4.50. The van der Waals surface area contributed by atoms with Crippen LogP contribution >= 0.6 is 0 Å². The molecule has 0 aliphatic heterocycles. The van der Waals surface area contributed by atoms with Crippen LogP contribution in [-0.2, 0) is 6.18 Å². The number of nitrogens with one attached hydrogen (secondary N) is 1. The van der Waals surface area contributed by atoms with E-state index in [1.807, 2.05) is 0 Å². The molecule has 2 aromatic carbocycles. The van der Waals surface area contributed by atoms with Gasteiger partial charge in [0, 0.05) is 5.56 Å². The Morgan fingerprint density at radius 3 is 2.19 bits per heavy atom. The largest absolute Gasteiger partial charge is 0.506 e. The first-order chi connectivity index (χ1) is 9.79. The van der Waals surface area contributed by atoms with Crippen LogP contribution in [0.1, 0.15) is 15.9 Å². The van der Waals surface area contributed by atoms with Crippen molar-refractivity contribution in [3.8, 4) is 5.75 Å². The molecule has 0 aromatic heterocycles. The Balaban J connectivity index is 2.21. The number of carbonyl (C=O) groups excluding carboxylic acids is 1. The Morgan fingerprint density at radius 1 is 1.05 bits per heavy atom. The molecule has 1 amide bonds. The molecule has 0 spiro atoms. The van der Waals surface area contributed by atoms with E-state index in [0.717, 1.165) is 30.3 Å². The molecule has 0 atom stereocenters. The number of hydrogen-bond donors (Lipinski definition) is 2. The number of alkyl halides is 3.